The summed E-state index contributed by atoms with van der Waals surface area (Å²) in [4.78, 5) is 15.8. The molecule has 4 rings (SSSR count). The lowest BCUT2D eigenvalue weighted by atomic mass is 10.1. The number of rotatable bonds is 5. The maximum atomic E-state index is 12.7. The predicted molar refractivity (Wildman–Crippen MR) is 110 cm³/mol. The van der Waals surface area contributed by atoms with Crippen LogP contribution in [0.15, 0.2) is 76.2 Å². The zero-order valence-electron chi connectivity index (χ0n) is 15.7. The summed E-state index contributed by atoms with van der Waals surface area (Å²) in [6, 6.07) is 16.4. The van der Waals surface area contributed by atoms with E-state index in [4.69, 9.17) is 9.15 Å². The summed E-state index contributed by atoms with van der Waals surface area (Å²) in [5.41, 5.74) is 1.10. The third kappa shape index (κ3) is 3.58. The Labute approximate surface area is 171 Å². The first-order valence-corrected chi connectivity index (χ1v) is 10.3. The molecule has 9 heteroatoms. The van der Waals surface area contributed by atoms with E-state index in [9.17, 15) is 18.3 Å². The Balaban J connectivity index is 1.87. The van der Waals surface area contributed by atoms with E-state index in [1.165, 1.54) is 18.3 Å². The van der Waals surface area contributed by atoms with Crippen LogP contribution in [0.25, 0.3) is 22.2 Å². The molecule has 30 heavy (non-hydrogen) atoms. The van der Waals surface area contributed by atoms with Gasteiger partial charge in [-0.2, -0.15) is 0 Å². The van der Waals surface area contributed by atoms with Gasteiger partial charge in [-0.25, -0.2) is 13.1 Å². The Bertz CT molecular complexity index is 1340. The Morgan fingerprint density at radius 2 is 1.77 bits per heavy atom. The molecule has 0 aliphatic heterocycles. The highest BCUT2D eigenvalue weighted by Crippen LogP contribution is 2.48. The van der Waals surface area contributed by atoms with Gasteiger partial charge in [-0.05, 0) is 24.3 Å². The molecular weight excluding hydrogens is 408 g/mol. The van der Waals surface area contributed by atoms with Crippen molar-refractivity contribution in [2.24, 2.45) is 0 Å². The monoisotopic (exact) mass is 424 g/mol. The summed E-state index contributed by atoms with van der Waals surface area (Å²) in [7, 11) is -4.06. The summed E-state index contributed by atoms with van der Waals surface area (Å²) in [6.45, 7) is 1.13. The molecule has 152 valence electrons. The van der Waals surface area contributed by atoms with Crippen LogP contribution in [0.2, 0.25) is 0 Å². The number of fused-ring (bicyclic) bond motifs is 1. The molecule has 0 bridgehead atoms. The molecule has 8 nitrogen and oxygen atoms in total. The highest BCUT2D eigenvalue weighted by atomic mass is 32.2. The number of sulfonamides is 1. The second-order valence-corrected chi connectivity index (χ2v) is 8.01. The largest absolute Gasteiger partial charge is 0.502 e. The minimum Gasteiger partial charge on any atom is -0.502 e. The van der Waals surface area contributed by atoms with Crippen molar-refractivity contribution in [1.82, 2.24) is 4.98 Å². The van der Waals surface area contributed by atoms with Crippen LogP contribution in [0.3, 0.4) is 0 Å². The molecule has 2 N–H and O–H groups in total. The van der Waals surface area contributed by atoms with E-state index in [1.807, 2.05) is 6.07 Å². The molecular formula is C21H16N2O6S. The van der Waals surface area contributed by atoms with Crippen LogP contribution in [0.4, 0.5) is 5.88 Å². The van der Waals surface area contributed by atoms with Gasteiger partial charge in [-0.1, -0.05) is 36.4 Å². The van der Waals surface area contributed by atoms with Crippen LogP contribution >= 0.6 is 0 Å². The minimum atomic E-state index is -4.06. The van der Waals surface area contributed by atoms with Crippen molar-refractivity contribution in [3.05, 3.63) is 66.9 Å². The van der Waals surface area contributed by atoms with Crippen LogP contribution in [-0.2, 0) is 14.8 Å². The SMILES string of the molecule is CC(=O)Oc1c(NS(=O)(=O)c2ccccc2)oc(-c2ccnc3ccccc23)c1O. The van der Waals surface area contributed by atoms with Crippen LogP contribution in [0.5, 0.6) is 11.5 Å². The number of carbonyl (C=O) groups is 1. The molecule has 0 aliphatic carbocycles. The van der Waals surface area contributed by atoms with Gasteiger partial charge < -0.3 is 14.3 Å². The maximum absolute atomic E-state index is 12.7. The summed E-state index contributed by atoms with van der Waals surface area (Å²) >= 11 is 0. The number of aromatic hydroxyl groups is 1. The second kappa shape index (κ2) is 7.53. The average molecular weight is 424 g/mol. The fraction of sp³-hybridized carbons (Fsp3) is 0.0476. The summed E-state index contributed by atoms with van der Waals surface area (Å²) in [6.07, 6.45) is 1.53. The lowest BCUT2D eigenvalue weighted by molar-refractivity contribution is -0.131. The molecule has 0 spiro atoms. The number of para-hydroxylation sites is 1. The quantitative estimate of drug-likeness (QED) is 0.466. The molecule has 2 aromatic heterocycles. The number of nitrogens with one attached hydrogen (secondary N) is 1. The fourth-order valence-electron chi connectivity index (χ4n) is 2.97. The van der Waals surface area contributed by atoms with Crippen LogP contribution in [0.1, 0.15) is 6.92 Å². The summed E-state index contributed by atoms with van der Waals surface area (Å²) < 4.78 is 38.4. The van der Waals surface area contributed by atoms with Crippen LogP contribution in [0, 0.1) is 0 Å². The number of furan rings is 1. The average Bonchev–Trinajstić information content (AvgIpc) is 3.02. The first-order valence-electron chi connectivity index (χ1n) is 8.83. The highest BCUT2D eigenvalue weighted by Gasteiger charge is 2.28. The standard InChI is InChI=1S/C21H16N2O6S/c1-13(24)28-20-18(25)19(16-11-12-22-17-10-6-5-9-15(16)17)29-21(20)23-30(26,27)14-7-3-2-4-8-14/h2-12,23,25H,1H3. The van der Waals surface area contributed by atoms with E-state index in [1.54, 1.807) is 42.5 Å². The number of esters is 1. The minimum absolute atomic E-state index is 0.0226. The number of ether oxygens (including phenoxy) is 1. The zero-order valence-corrected chi connectivity index (χ0v) is 16.5. The lowest BCUT2D eigenvalue weighted by Crippen LogP contribution is -2.13. The molecule has 0 amide bonds. The molecule has 0 atom stereocenters. The van der Waals surface area contributed by atoms with Crippen molar-refractivity contribution < 1.29 is 27.5 Å². The molecule has 0 saturated heterocycles. The Hall–Kier alpha value is -3.85. The van der Waals surface area contributed by atoms with E-state index in [2.05, 4.69) is 9.71 Å². The number of carbonyl (C=O) groups excluding carboxylic acids is 1. The number of hydrogen-bond acceptors (Lipinski definition) is 7. The van der Waals surface area contributed by atoms with Gasteiger partial charge in [0.15, 0.2) is 5.76 Å². The normalized spacial score (nSPS) is 11.4. The van der Waals surface area contributed by atoms with Gasteiger partial charge in [0, 0.05) is 24.1 Å². The molecule has 0 aliphatic rings. The van der Waals surface area contributed by atoms with Crippen molar-refractivity contribution in [2.45, 2.75) is 11.8 Å². The van der Waals surface area contributed by atoms with Crippen molar-refractivity contribution >= 4 is 32.8 Å². The molecule has 2 heterocycles. The van der Waals surface area contributed by atoms with E-state index in [-0.39, 0.29) is 10.7 Å². The smallest absolute Gasteiger partial charge is 0.308 e. The summed E-state index contributed by atoms with van der Waals surface area (Å²) in [5.74, 6) is -2.15. The van der Waals surface area contributed by atoms with Gasteiger partial charge in [0.1, 0.15) is 0 Å². The van der Waals surface area contributed by atoms with Gasteiger partial charge in [0.25, 0.3) is 15.9 Å². The van der Waals surface area contributed by atoms with E-state index in [0.717, 1.165) is 6.92 Å². The summed E-state index contributed by atoms with van der Waals surface area (Å²) in [5, 5.41) is 11.4. The van der Waals surface area contributed by atoms with E-state index in [0.29, 0.717) is 16.5 Å². The predicted octanol–water partition coefficient (Wildman–Crippen LogP) is 3.93. The highest BCUT2D eigenvalue weighted by molar-refractivity contribution is 7.92. The number of hydrogen-bond donors (Lipinski definition) is 2. The first kappa shape index (κ1) is 19.5. The second-order valence-electron chi connectivity index (χ2n) is 6.33. The Morgan fingerprint density at radius 1 is 1.07 bits per heavy atom. The third-order valence-electron chi connectivity index (χ3n) is 4.26. The fourth-order valence-corrected chi connectivity index (χ4v) is 3.98. The van der Waals surface area contributed by atoms with E-state index < -0.39 is 33.4 Å². The molecule has 2 aromatic carbocycles. The first-order chi connectivity index (χ1) is 14.4. The van der Waals surface area contributed by atoms with Crippen molar-refractivity contribution in [2.75, 3.05) is 4.72 Å². The van der Waals surface area contributed by atoms with Gasteiger partial charge in [0.05, 0.1) is 10.4 Å². The van der Waals surface area contributed by atoms with Gasteiger partial charge in [-0.3, -0.25) is 9.78 Å². The molecule has 0 unspecified atom stereocenters. The number of aromatic nitrogens is 1. The lowest BCUT2D eigenvalue weighted by Gasteiger charge is -2.07. The van der Waals surface area contributed by atoms with Crippen LogP contribution in [-0.4, -0.2) is 24.5 Å². The maximum Gasteiger partial charge on any atom is 0.308 e. The van der Waals surface area contributed by atoms with E-state index >= 15 is 0 Å². The van der Waals surface area contributed by atoms with Crippen molar-refractivity contribution in [3.8, 4) is 22.8 Å². The number of anilines is 1. The zero-order chi connectivity index (χ0) is 21.3. The Kier molecular flexibility index (Phi) is 4.88. The molecule has 0 fully saturated rings. The van der Waals surface area contributed by atoms with Gasteiger partial charge in [-0.15, -0.1) is 0 Å². The number of benzene rings is 2. The number of pyridine rings is 1. The van der Waals surface area contributed by atoms with Gasteiger partial charge in [0.2, 0.25) is 11.5 Å². The van der Waals surface area contributed by atoms with Crippen LogP contribution < -0.4 is 9.46 Å². The topological polar surface area (TPSA) is 119 Å². The third-order valence-corrected chi connectivity index (χ3v) is 5.61. The Morgan fingerprint density at radius 3 is 2.50 bits per heavy atom. The molecule has 4 aromatic rings. The van der Waals surface area contributed by atoms with Gasteiger partial charge >= 0.3 is 5.97 Å². The molecule has 0 saturated carbocycles. The number of nitrogens with zero attached hydrogens (tertiary/aromatic N) is 1. The van der Waals surface area contributed by atoms with Crippen molar-refractivity contribution in [3.63, 3.8) is 0 Å². The van der Waals surface area contributed by atoms with Crippen molar-refractivity contribution in [1.29, 1.82) is 0 Å². The molecule has 0 radical (unpaired) electrons.